The molecule has 2 amide bonds. The highest BCUT2D eigenvalue weighted by atomic mass is 16.5. The van der Waals surface area contributed by atoms with E-state index in [1.807, 2.05) is 0 Å². The first kappa shape index (κ1) is 11.3. The average Bonchev–Trinajstić information content (AvgIpc) is 2.67. The fraction of sp³-hybridized carbons (Fsp3) is 0.167. The topological polar surface area (TPSA) is 72.6 Å². The Balaban J connectivity index is 2.21. The number of nitrogens with two attached hydrogens (primary N) is 1. The Morgan fingerprint density at radius 3 is 2.53 bits per heavy atom. The minimum Gasteiger partial charge on any atom is -0.492 e. The van der Waals surface area contributed by atoms with Crippen molar-refractivity contribution >= 4 is 17.5 Å². The van der Waals surface area contributed by atoms with Gasteiger partial charge >= 0.3 is 0 Å². The van der Waals surface area contributed by atoms with Crippen LogP contribution in [0.5, 0.6) is 5.75 Å². The number of benzene rings is 1. The van der Waals surface area contributed by atoms with E-state index in [2.05, 4.69) is 0 Å². The summed E-state index contributed by atoms with van der Waals surface area (Å²) in [7, 11) is 0. The van der Waals surface area contributed by atoms with Crippen molar-refractivity contribution < 1.29 is 14.3 Å². The number of anilines is 1. The Morgan fingerprint density at radius 1 is 1.18 bits per heavy atom. The third-order valence-corrected chi connectivity index (χ3v) is 2.27. The quantitative estimate of drug-likeness (QED) is 0.765. The van der Waals surface area contributed by atoms with E-state index in [0.29, 0.717) is 24.6 Å². The number of imide groups is 1. The van der Waals surface area contributed by atoms with Crippen molar-refractivity contribution in [3.8, 4) is 5.75 Å². The molecule has 0 unspecified atom stereocenters. The lowest BCUT2D eigenvalue weighted by Gasteiger charge is -2.14. The molecule has 1 aliphatic heterocycles. The molecule has 0 saturated heterocycles. The first-order valence-electron chi connectivity index (χ1n) is 5.21. The molecule has 1 aromatic carbocycles. The first-order chi connectivity index (χ1) is 8.22. The monoisotopic (exact) mass is 232 g/mol. The van der Waals surface area contributed by atoms with Crippen LogP contribution in [0.2, 0.25) is 0 Å². The molecule has 2 N–H and O–H groups in total. The third kappa shape index (κ3) is 2.34. The highest BCUT2D eigenvalue weighted by molar-refractivity contribution is 6.28. The summed E-state index contributed by atoms with van der Waals surface area (Å²) in [5, 5.41) is 0. The van der Waals surface area contributed by atoms with Crippen LogP contribution in [0.3, 0.4) is 0 Å². The average molecular weight is 232 g/mol. The van der Waals surface area contributed by atoms with Crippen LogP contribution in [0.25, 0.3) is 0 Å². The van der Waals surface area contributed by atoms with E-state index in [9.17, 15) is 9.59 Å². The van der Waals surface area contributed by atoms with E-state index in [1.54, 1.807) is 24.3 Å². The molecule has 0 bridgehead atoms. The van der Waals surface area contributed by atoms with Gasteiger partial charge in [0.25, 0.3) is 11.8 Å². The Labute approximate surface area is 98.5 Å². The maximum Gasteiger partial charge on any atom is 0.258 e. The number of carbonyl (C=O) groups excluding carboxylic acids is 2. The van der Waals surface area contributed by atoms with Crippen molar-refractivity contribution in [1.82, 2.24) is 0 Å². The number of hydrogen-bond acceptors (Lipinski definition) is 4. The fourth-order valence-corrected chi connectivity index (χ4v) is 1.54. The molecule has 1 aromatic rings. The summed E-state index contributed by atoms with van der Waals surface area (Å²) in [6.45, 7) is 0.803. The molecular formula is C12H12N2O3. The van der Waals surface area contributed by atoms with Crippen LogP contribution in [0.15, 0.2) is 36.4 Å². The number of carbonyl (C=O) groups is 2. The minimum atomic E-state index is -0.342. The Bertz CT molecular complexity index is 464. The van der Waals surface area contributed by atoms with Crippen LogP contribution >= 0.6 is 0 Å². The largest absolute Gasteiger partial charge is 0.492 e. The summed E-state index contributed by atoms with van der Waals surface area (Å²) < 4.78 is 5.33. The molecule has 0 aromatic heterocycles. The number of hydrogen-bond donors (Lipinski definition) is 1. The Kier molecular flexibility index (Phi) is 3.20. The minimum absolute atomic E-state index is 0.342. The smallest absolute Gasteiger partial charge is 0.258 e. The van der Waals surface area contributed by atoms with Gasteiger partial charge in [-0.05, 0) is 12.1 Å². The van der Waals surface area contributed by atoms with Crippen LogP contribution in [-0.4, -0.2) is 25.0 Å². The molecule has 0 spiro atoms. The lowest BCUT2D eigenvalue weighted by atomic mass is 10.2. The Hall–Kier alpha value is -2.14. The summed E-state index contributed by atoms with van der Waals surface area (Å²) in [5.41, 5.74) is 5.83. The summed E-state index contributed by atoms with van der Waals surface area (Å²) in [6, 6.07) is 6.79. The van der Waals surface area contributed by atoms with Crippen molar-refractivity contribution in [2.45, 2.75) is 0 Å². The van der Waals surface area contributed by atoms with Crippen molar-refractivity contribution in [1.29, 1.82) is 0 Å². The van der Waals surface area contributed by atoms with Crippen molar-refractivity contribution in [2.24, 2.45) is 5.73 Å². The van der Waals surface area contributed by atoms with E-state index in [-0.39, 0.29) is 11.8 Å². The summed E-state index contributed by atoms with van der Waals surface area (Å²) in [6.07, 6.45) is 2.49. The molecule has 1 aliphatic rings. The molecule has 5 nitrogen and oxygen atoms in total. The normalized spacial score (nSPS) is 14.5. The first-order valence-corrected chi connectivity index (χ1v) is 5.21. The number of amides is 2. The van der Waals surface area contributed by atoms with Gasteiger partial charge in [-0.25, -0.2) is 4.90 Å². The molecule has 0 atom stereocenters. The predicted molar refractivity (Wildman–Crippen MR) is 62.6 cm³/mol. The number of rotatable bonds is 4. The highest BCUT2D eigenvalue weighted by Gasteiger charge is 2.25. The van der Waals surface area contributed by atoms with Gasteiger partial charge in [-0.3, -0.25) is 9.59 Å². The van der Waals surface area contributed by atoms with Crippen molar-refractivity contribution in [3.63, 3.8) is 0 Å². The lowest BCUT2D eigenvalue weighted by molar-refractivity contribution is -0.119. The molecule has 88 valence electrons. The second-order valence-corrected chi connectivity index (χ2v) is 3.48. The summed E-state index contributed by atoms with van der Waals surface area (Å²) in [4.78, 5) is 24.0. The lowest BCUT2D eigenvalue weighted by Crippen LogP contribution is -2.29. The van der Waals surface area contributed by atoms with E-state index in [0.717, 1.165) is 4.90 Å². The van der Waals surface area contributed by atoms with E-state index < -0.39 is 0 Å². The van der Waals surface area contributed by atoms with Gasteiger partial charge in [-0.15, -0.1) is 0 Å². The molecule has 1 heterocycles. The zero-order valence-corrected chi connectivity index (χ0v) is 9.13. The SMILES string of the molecule is NCCOc1cccc(N2C(=O)C=CC2=O)c1. The van der Waals surface area contributed by atoms with Gasteiger partial charge in [0, 0.05) is 24.8 Å². The molecule has 17 heavy (non-hydrogen) atoms. The second kappa shape index (κ2) is 4.80. The number of nitrogens with zero attached hydrogens (tertiary/aromatic N) is 1. The summed E-state index contributed by atoms with van der Waals surface area (Å²) in [5.74, 6) is -0.0996. The fourth-order valence-electron chi connectivity index (χ4n) is 1.54. The second-order valence-electron chi connectivity index (χ2n) is 3.48. The van der Waals surface area contributed by atoms with Gasteiger partial charge in [0.2, 0.25) is 0 Å². The maximum atomic E-state index is 11.5. The van der Waals surface area contributed by atoms with Gasteiger partial charge in [0.05, 0.1) is 5.69 Å². The standard InChI is InChI=1S/C12H12N2O3/c13-6-7-17-10-3-1-2-9(8-10)14-11(15)4-5-12(14)16/h1-5,8H,6-7,13H2. The molecule has 0 radical (unpaired) electrons. The molecule has 0 aliphatic carbocycles. The van der Waals surface area contributed by atoms with Crippen LogP contribution in [-0.2, 0) is 9.59 Å². The maximum absolute atomic E-state index is 11.5. The van der Waals surface area contributed by atoms with Gasteiger partial charge in [0.1, 0.15) is 12.4 Å². The summed E-state index contributed by atoms with van der Waals surface area (Å²) >= 11 is 0. The highest BCUT2D eigenvalue weighted by Crippen LogP contribution is 2.23. The molecular weight excluding hydrogens is 220 g/mol. The predicted octanol–water partition coefficient (Wildman–Crippen LogP) is 0.453. The van der Waals surface area contributed by atoms with Crippen LogP contribution in [0, 0.1) is 0 Å². The van der Waals surface area contributed by atoms with Gasteiger partial charge < -0.3 is 10.5 Å². The third-order valence-electron chi connectivity index (χ3n) is 2.27. The van der Waals surface area contributed by atoms with Crippen molar-refractivity contribution in [2.75, 3.05) is 18.1 Å². The van der Waals surface area contributed by atoms with E-state index >= 15 is 0 Å². The number of ether oxygens (including phenoxy) is 1. The van der Waals surface area contributed by atoms with Crippen LogP contribution in [0.1, 0.15) is 0 Å². The van der Waals surface area contributed by atoms with Gasteiger partial charge in [0.15, 0.2) is 0 Å². The molecule has 2 rings (SSSR count). The zero-order valence-electron chi connectivity index (χ0n) is 9.13. The van der Waals surface area contributed by atoms with E-state index in [4.69, 9.17) is 10.5 Å². The molecule has 5 heteroatoms. The molecule has 0 fully saturated rings. The van der Waals surface area contributed by atoms with Crippen molar-refractivity contribution in [3.05, 3.63) is 36.4 Å². The zero-order chi connectivity index (χ0) is 12.3. The molecule has 0 saturated carbocycles. The van der Waals surface area contributed by atoms with E-state index in [1.165, 1.54) is 12.2 Å². The van der Waals surface area contributed by atoms with Gasteiger partial charge in [-0.2, -0.15) is 0 Å². The Morgan fingerprint density at radius 2 is 1.88 bits per heavy atom. The van der Waals surface area contributed by atoms with Crippen LogP contribution < -0.4 is 15.4 Å². The van der Waals surface area contributed by atoms with Gasteiger partial charge in [-0.1, -0.05) is 6.07 Å². The van der Waals surface area contributed by atoms with Crippen LogP contribution in [0.4, 0.5) is 5.69 Å².